The van der Waals surface area contributed by atoms with Crippen molar-refractivity contribution >= 4 is 35.1 Å². The van der Waals surface area contributed by atoms with Gasteiger partial charge >= 0.3 is 11.9 Å². The van der Waals surface area contributed by atoms with Crippen LogP contribution in [-0.2, 0) is 23.8 Å². The standard InChI is InChI=1S/C39H32O14/c1-20-35(51-30(45)16-6-21-2-10-24(40)11-3-21)34(48)38(52-31(46)17-7-22-4-12-25(41)13-5-22)39(49-20)53-37-33(47)32-28(44)18-27(43)19-29(32)50-36(37)23-8-14-26(42)15-9-23/h2-20,34-35,38-44,48H,1H3/b16-6+,17-7+/t20-,34+,35-,38+,39-/m0/s1. The van der Waals surface area contributed by atoms with E-state index in [9.17, 15) is 45.0 Å². The molecule has 0 saturated carbocycles. The van der Waals surface area contributed by atoms with Gasteiger partial charge in [0.25, 0.3) is 0 Å². The average molecular weight is 725 g/mol. The minimum absolute atomic E-state index is 0.00905. The molecule has 0 unspecified atom stereocenters. The van der Waals surface area contributed by atoms with Crippen molar-refractivity contribution in [2.45, 2.75) is 37.6 Å². The van der Waals surface area contributed by atoms with Gasteiger partial charge in [-0.1, -0.05) is 24.3 Å². The molecule has 0 spiro atoms. The van der Waals surface area contributed by atoms with Crippen molar-refractivity contribution in [1.82, 2.24) is 0 Å². The van der Waals surface area contributed by atoms with Gasteiger partial charge in [-0.2, -0.15) is 0 Å². The molecule has 272 valence electrons. The van der Waals surface area contributed by atoms with Crippen molar-refractivity contribution in [2.24, 2.45) is 0 Å². The molecule has 1 aliphatic rings. The Morgan fingerprint density at radius 3 is 1.75 bits per heavy atom. The number of hydrogen-bond acceptors (Lipinski definition) is 14. The van der Waals surface area contributed by atoms with Crippen LogP contribution in [0.5, 0.6) is 34.5 Å². The first-order valence-electron chi connectivity index (χ1n) is 16.0. The fourth-order valence-electron chi connectivity index (χ4n) is 5.52. The summed E-state index contributed by atoms with van der Waals surface area (Å²) in [4.78, 5) is 40.0. The predicted molar refractivity (Wildman–Crippen MR) is 188 cm³/mol. The summed E-state index contributed by atoms with van der Waals surface area (Å²) in [6.45, 7) is 1.45. The van der Waals surface area contributed by atoms with Gasteiger partial charge in [-0.25, -0.2) is 9.59 Å². The van der Waals surface area contributed by atoms with Gasteiger partial charge < -0.3 is 54.0 Å². The first-order chi connectivity index (χ1) is 25.4. The molecular weight excluding hydrogens is 692 g/mol. The average Bonchev–Trinajstić information content (AvgIpc) is 3.12. The van der Waals surface area contributed by atoms with E-state index in [4.69, 9.17) is 23.4 Å². The van der Waals surface area contributed by atoms with Crippen molar-refractivity contribution < 1.29 is 63.6 Å². The van der Waals surface area contributed by atoms with E-state index in [-0.39, 0.29) is 39.5 Å². The van der Waals surface area contributed by atoms with Gasteiger partial charge in [0.15, 0.2) is 18.0 Å². The lowest BCUT2D eigenvalue weighted by atomic mass is 9.99. The number of benzene rings is 4. The molecule has 1 saturated heterocycles. The fraction of sp³-hybridized carbons (Fsp3) is 0.154. The van der Waals surface area contributed by atoms with Gasteiger partial charge in [0.05, 0.1) is 6.10 Å². The maximum atomic E-state index is 14.0. The summed E-state index contributed by atoms with van der Waals surface area (Å²) in [5.41, 5.74) is 0.154. The number of phenols is 5. The zero-order valence-electron chi connectivity index (χ0n) is 27.7. The predicted octanol–water partition coefficient (Wildman–Crippen LogP) is 4.72. The van der Waals surface area contributed by atoms with Crippen LogP contribution in [0.25, 0.3) is 34.4 Å². The quantitative estimate of drug-likeness (QED) is 0.0894. The minimum Gasteiger partial charge on any atom is -0.508 e. The van der Waals surface area contributed by atoms with Crippen molar-refractivity contribution in [3.8, 4) is 45.8 Å². The first-order valence-corrected chi connectivity index (χ1v) is 16.0. The highest BCUT2D eigenvalue weighted by atomic mass is 16.7. The molecule has 0 radical (unpaired) electrons. The van der Waals surface area contributed by atoms with Crippen LogP contribution >= 0.6 is 0 Å². The summed E-state index contributed by atoms with van der Waals surface area (Å²) in [6.07, 6.45) is -2.93. The Labute approximate surface area is 300 Å². The van der Waals surface area contributed by atoms with Crippen LogP contribution in [-0.4, -0.2) is 73.3 Å². The van der Waals surface area contributed by atoms with Crippen molar-refractivity contribution in [2.75, 3.05) is 0 Å². The van der Waals surface area contributed by atoms with Gasteiger partial charge in [-0.15, -0.1) is 0 Å². The maximum Gasteiger partial charge on any atom is 0.331 e. The number of esters is 2. The Morgan fingerprint density at radius 2 is 1.21 bits per heavy atom. The van der Waals surface area contributed by atoms with Crippen LogP contribution in [0.15, 0.2) is 106 Å². The number of phenolic OH excluding ortho intramolecular Hbond substituents is 5. The molecule has 14 heteroatoms. The second-order valence-electron chi connectivity index (χ2n) is 11.9. The van der Waals surface area contributed by atoms with Gasteiger partial charge in [0.1, 0.15) is 45.8 Å². The summed E-state index contributed by atoms with van der Waals surface area (Å²) in [7, 11) is 0. The minimum atomic E-state index is -1.80. The second-order valence-corrected chi connectivity index (χ2v) is 11.9. The van der Waals surface area contributed by atoms with E-state index in [1.54, 1.807) is 12.1 Å². The van der Waals surface area contributed by atoms with Gasteiger partial charge in [-0.3, -0.25) is 4.79 Å². The largest absolute Gasteiger partial charge is 0.508 e. The zero-order chi connectivity index (χ0) is 37.8. The van der Waals surface area contributed by atoms with E-state index in [1.807, 2.05) is 0 Å². The lowest BCUT2D eigenvalue weighted by Gasteiger charge is -2.41. The Morgan fingerprint density at radius 1 is 0.698 bits per heavy atom. The van der Waals surface area contributed by atoms with E-state index >= 15 is 0 Å². The van der Waals surface area contributed by atoms with Crippen LogP contribution in [0.3, 0.4) is 0 Å². The van der Waals surface area contributed by atoms with Crippen molar-refractivity contribution in [3.05, 3.63) is 118 Å². The summed E-state index contributed by atoms with van der Waals surface area (Å²) < 4.78 is 29.1. The molecule has 4 aromatic carbocycles. The maximum absolute atomic E-state index is 14.0. The van der Waals surface area contributed by atoms with E-state index in [0.717, 1.165) is 24.3 Å². The Hall–Kier alpha value is -6.77. The normalized spacial score (nSPS) is 20.1. The molecule has 6 N–H and O–H groups in total. The number of fused-ring (bicyclic) bond motifs is 1. The number of hydrogen-bond donors (Lipinski definition) is 6. The molecule has 0 bridgehead atoms. The number of ether oxygens (including phenoxy) is 4. The first kappa shape index (κ1) is 36.0. The smallest absolute Gasteiger partial charge is 0.331 e. The van der Waals surface area contributed by atoms with Gasteiger partial charge in [0, 0.05) is 29.8 Å². The van der Waals surface area contributed by atoms with Crippen molar-refractivity contribution in [3.63, 3.8) is 0 Å². The highest BCUT2D eigenvalue weighted by molar-refractivity contribution is 5.89. The van der Waals surface area contributed by atoms with E-state index < -0.39 is 65.3 Å². The van der Waals surface area contributed by atoms with Crippen molar-refractivity contribution in [1.29, 1.82) is 0 Å². The van der Waals surface area contributed by atoms with Crippen LogP contribution < -0.4 is 10.2 Å². The lowest BCUT2D eigenvalue weighted by molar-refractivity contribution is -0.275. The summed E-state index contributed by atoms with van der Waals surface area (Å²) in [6, 6.07) is 19.3. The Kier molecular flexibility index (Phi) is 10.4. The summed E-state index contributed by atoms with van der Waals surface area (Å²) in [5, 5.41) is 60.8. The monoisotopic (exact) mass is 724 g/mol. The number of carbonyl (C=O) groups is 2. The Bertz CT molecular complexity index is 2240. The molecule has 14 nitrogen and oxygen atoms in total. The Balaban J connectivity index is 1.35. The molecule has 5 atom stereocenters. The van der Waals surface area contributed by atoms with Crippen LogP contribution in [0.4, 0.5) is 0 Å². The van der Waals surface area contributed by atoms with E-state index in [1.165, 1.54) is 79.7 Å². The van der Waals surface area contributed by atoms with Crippen LogP contribution in [0, 0.1) is 0 Å². The number of rotatable bonds is 9. The van der Waals surface area contributed by atoms with Crippen LogP contribution in [0.1, 0.15) is 18.1 Å². The SMILES string of the molecule is C[C@@H]1O[C@@H](Oc2c(-c3ccc(O)cc3)oc3cc(O)cc(O)c3c2=O)[C@H](OC(=O)/C=C/c2ccc(O)cc2)[C@H](O)[C@H]1OC(=O)/C=C/c1ccc(O)cc1. The van der Waals surface area contributed by atoms with Crippen LogP contribution in [0.2, 0.25) is 0 Å². The topological polar surface area (TPSA) is 223 Å². The molecule has 1 aliphatic heterocycles. The third-order valence-corrected chi connectivity index (χ3v) is 8.15. The number of aliphatic hydroxyl groups excluding tert-OH is 1. The molecule has 0 amide bonds. The fourth-order valence-corrected chi connectivity index (χ4v) is 5.52. The van der Waals surface area contributed by atoms with Gasteiger partial charge in [-0.05, 0) is 78.7 Å². The second kappa shape index (κ2) is 15.2. The zero-order valence-corrected chi connectivity index (χ0v) is 27.7. The molecule has 53 heavy (non-hydrogen) atoms. The summed E-state index contributed by atoms with van der Waals surface area (Å²) >= 11 is 0. The highest BCUT2D eigenvalue weighted by Crippen LogP contribution is 2.38. The molecule has 6 rings (SSSR count). The van der Waals surface area contributed by atoms with E-state index in [0.29, 0.717) is 11.1 Å². The summed E-state index contributed by atoms with van der Waals surface area (Å²) in [5.74, 6) is -3.77. The molecule has 1 aromatic heterocycles. The third-order valence-electron chi connectivity index (χ3n) is 8.15. The number of aromatic hydroxyl groups is 5. The van der Waals surface area contributed by atoms with Gasteiger partial charge in [0.2, 0.25) is 17.5 Å². The number of carbonyl (C=O) groups excluding carboxylic acids is 2. The lowest BCUT2D eigenvalue weighted by Crippen LogP contribution is -2.61. The van der Waals surface area contributed by atoms with E-state index in [2.05, 4.69) is 0 Å². The highest BCUT2D eigenvalue weighted by Gasteiger charge is 2.49. The molecular formula is C39H32O14. The molecule has 0 aliphatic carbocycles. The molecule has 1 fully saturated rings. The third kappa shape index (κ3) is 8.25. The molecule has 5 aromatic rings. The number of aliphatic hydroxyl groups is 1. The molecule has 2 heterocycles.